The van der Waals surface area contributed by atoms with Crippen molar-refractivity contribution in [2.75, 3.05) is 7.05 Å². The predicted molar refractivity (Wildman–Crippen MR) is 69.0 cm³/mol. The van der Waals surface area contributed by atoms with Crippen LogP contribution in [0, 0.1) is 5.82 Å². The first-order chi connectivity index (χ1) is 8.63. The van der Waals surface area contributed by atoms with E-state index in [0.29, 0.717) is 10.1 Å². The summed E-state index contributed by atoms with van der Waals surface area (Å²) < 4.78 is 15.7. The van der Waals surface area contributed by atoms with Gasteiger partial charge in [0.05, 0.1) is 4.90 Å². The van der Waals surface area contributed by atoms with E-state index in [-0.39, 0.29) is 11.9 Å². The molecule has 1 aromatic heterocycles. The molecule has 0 saturated carbocycles. The van der Waals surface area contributed by atoms with E-state index in [9.17, 15) is 4.39 Å². The zero-order valence-electron chi connectivity index (χ0n) is 10.5. The van der Waals surface area contributed by atoms with Crippen molar-refractivity contribution in [2.45, 2.75) is 23.0 Å². The van der Waals surface area contributed by atoms with Gasteiger partial charge in [-0.3, -0.25) is 0 Å². The number of rotatable bonds is 4. The summed E-state index contributed by atoms with van der Waals surface area (Å²) in [6.45, 7) is 2.00. The summed E-state index contributed by atoms with van der Waals surface area (Å²) in [5.41, 5.74) is 0.922. The molecule has 0 saturated heterocycles. The fourth-order valence-corrected chi connectivity index (χ4v) is 2.58. The predicted octanol–water partition coefficient (Wildman–Crippen LogP) is 2.39. The second-order valence-corrected chi connectivity index (χ2v) is 4.97. The lowest BCUT2D eigenvalue weighted by Gasteiger charge is -2.15. The van der Waals surface area contributed by atoms with Crippen molar-refractivity contribution in [3.05, 3.63) is 35.9 Å². The van der Waals surface area contributed by atoms with E-state index >= 15 is 0 Å². The smallest absolute Gasteiger partial charge is 0.195 e. The molecule has 0 fully saturated rings. The highest BCUT2D eigenvalue weighted by molar-refractivity contribution is 7.99. The van der Waals surface area contributed by atoms with Gasteiger partial charge >= 0.3 is 0 Å². The van der Waals surface area contributed by atoms with Crippen LogP contribution in [0.1, 0.15) is 18.5 Å². The van der Waals surface area contributed by atoms with Gasteiger partial charge in [-0.15, -0.1) is 10.2 Å². The molecule has 1 atom stereocenters. The molecule has 1 unspecified atom stereocenters. The maximum Gasteiger partial charge on any atom is 0.195 e. The molecule has 0 aliphatic carbocycles. The number of halogens is 1. The minimum absolute atomic E-state index is 0.0800. The Kier molecular flexibility index (Phi) is 3.98. The van der Waals surface area contributed by atoms with E-state index in [4.69, 9.17) is 0 Å². The maximum atomic E-state index is 14.0. The minimum Gasteiger partial charge on any atom is -0.313 e. The van der Waals surface area contributed by atoms with E-state index in [1.54, 1.807) is 17.0 Å². The highest BCUT2D eigenvalue weighted by atomic mass is 32.2. The zero-order valence-corrected chi connectivity index (χ0v) is 11.3. The number of aryl methyl sites for hydroxylation is 1. The molecule has 96 valence electrons. The summed E-state index contributed by atoms with van der Waals surface area (Å²) in [4.78, 5) is 0.593. The van der Waals surface area contributed by atoms with E-state index in [0.717, 1.165) is 5.56 Å². The monoisotopic (exact) mass is 266 g/mol. The normalized spacial score (nSPS) is 12.7. The molecule has 1 N–H and O–H groups in total. The Morgan fingerprint density at radius 3 is 2.83 bits per heavy atom. The van der Waals surface area contributed by atoms with Gasteiger partial charge in [-0.1, -0.05) is 12.1 Å². The van der Waals surface area contributed by atoms with Crippen LogP contribution in [0.25, 0.3) is 0 Å². The van der Waals surface area contributed by atoms with Gasteiger partial charge in [0.1, 0.15) is 12.1 Å². The number of hydrogen-bond acceptors (Lipinski definition) is 4. The third kappa shape index (κ3) is 2.54. The number of nitrogens with zero attached hydrogens (tertiary/aromatic N) is 3. The Morgan fingerprint density at radius 1 is 1.44 bits per heavy atom. The number of benzene rings is 1. The summed E-state index contributed by atoms with van der Waals surface area (Å²) in [6, 6.07) is 5.18. The van der Waals surface area contributed by atoms with Gasteiger partial charge in [-0.25, -0.2) is 4.39 Å². The molecule has 1 aromatic carbocycles. The van der Waals surface area contributed by atoms with Crippen molar-refractivity contribution in [3.8, 4) is 0 Å². The molecule has 2 rings (SSSR count). The first kappa shape index (κ1) is 13.0. The van der Waals surface area contributed by atoms with E-state index < -0.39 is 0 Å². The van der Waals surface area contributed by atoms with Crippen LogP contribution in [0.3, 0.4) is 0 Å². The quantitative estimate of drug-likeness (QED) is 0.922. The van der Waals surface area contributed by atoms with Crippen LogP contribution in [0.5, 0.6) is 0 Å². The lowest BCUT2D eigenvalue weighted by molar-refractivity contribution is 0.575. The highest BCUT2D eigenvalue weighted by Gasteiger charge is 2.16. The van der Waals surface area contributed by atoms with E-state index in [2.05, 4.69) is 15.5 Å². The molecule has 0 radical (unpaired) electrons. The summed E-state index contributed by atoms with van der Waals surface area (Å²) >= 11 is 1.29. The average molecular weight is 266 g/mol. The Bertz CT molecular complexity index is 541. The third-order valence-corrected chi connectivity index (χ3v) is 3.95. The van der Waals surface area contributed by atoms with Crippen LogP contribution in [0.4, 0.5) is 4.39 Å². The summed E-state index contributed by atoms with van der Waals surface area (Å²) in [6.07, 6.45) is 1.60. The molecule has 4 nitrogen and oxygen atoms in total. The van der Waals surface area contributed by atoms with E-state index in [1.165, 1.54) is 17.8 Å². The van der Waals surface area contributed by atoms with Crippen molar-refractivity contribution in [1.29, 1.82) is 0 Å². The van der Waals surface area contributed by atoms with E-state index in [1.807, 2.05) is 27.1 Å². The van der Waals surface area contributed by atoms with Crippen molar-refractivity contribution in [2.24, 2.45) is 7.05 Å². The van der Waals surface area contributed by atoms with Crippen LogP contribution in [0.2, 0.25) is 0 Å². The maximum absolute atomic E-state index is 14.0. The van der Waals surface area contributed by atoms with Crippen molar-refractivity contribution in [1.82, 2.24) is 20.1 Å². The molecule has 0 amide bonds. The van der Waals surface area contributed by atoms with Gasteiger partial charge in [0.25, 0.3) is 0 Å². The fraction of sp³-hybridized carbons (Fsp3) is 0.333. The van der Waals surface area contributed by atoms with Gasteiger partial charge in [-0.05, 0) is 37.4 Å². The Hall–Kier alpha value is -1.40. The van der Waals surface area contributed by atoms with Crippen LogP contribution in [-0.2, 0) is 7.05 Å². The summed E-state index contributed by atoms with van der Waals surface area (Å²) in [7, 11) is 3.69. The van der Waals surface area contributed by atoms with Crippen molar-refractivity contribution >= 4 is 11.8 Å². The van der Waals surface area contributed by atoms with Gasteiger partial charge < -0.3 is 9.88 Å². The van der Waals surface area contributed by atoms with Gasteiger partial charge in [0.15, 0.2) is 5.16 Å². The van der Waals surface area contributed by atoms with Gasteiger partial charge in [-0.2, -0.15) is 0 Å². The number of aromatic nitrogens is 3. The standard InChI is InChI=1S/C12H15FN4S/c1-8(14-2)9-5-4-6-10(13)11(9)18-12-16-15-7-17(12)3/h4-8,14H,1-3H3. The lowest BCUT2D eigenvalue weighted by Crippen LogP contribution is -2.13. The highest BCUT2D eigenvalue weighted by Crippen LogP contribution is 2.33. The van der Waals surface area contributed by atoms with Gasteiger partial charge in [0.2, 0.25) is 0 Å². The second kappa shape index (κ2) is 5.49. The molecule has 2 aromatic rings. The van der Waals surface area contributed by atoms with Crippen LogP contribution in [0.15, 0.2) is 34.6 Å². The molecular formula is C12H15FN4S. The van der Waals surface area contributed by atoms with Gasteiger partial charge in [0, 0.05) is 13.1 Å². The molecular weight excluding hydrogens is 251 g/mol. The molecule has 18 heavy (non-hydrogen) atoms. The number of hydrogen-bond donors (Lipinski definition) is 1. The Morgan fingerprint density at radius 2 is 2.22 bits per heavy atom. The molecule has 0 aliphatic heterocycles. The van der Waals surface area contributed by atoms with Crippen molar-refractivity contribution in [3.63, 3.8) is 0 Å². The zero-order chi connectivity index (χ0) is 13.1. The number of nitrogens with one attached hydrogen (secondary N) is 1. The lowest BCUT2D eigenvalue weighted by atomic mass is 10.1. The van der Waals surface area contributed by atoms with Crippen LogP contribution >= 0.6 is 11.8 Å². The summed E-state index contributed by atoms with van der Waals surface area (Å²) in [5.74, 6) is -0.234. The molecule has 1 heterocycles. The molecule has 6 heteroatoms. The molecule has 0 bridgehead atoms. The first-order valence-electron chi connectivity index (χ1n) is 5.61. The Balaban J connectivity index is 2.40. The minimum atomic E-state index is -0.234. The molecule has 0 spiro atoms. The van der Waals surface area contributed by atoms with Crippen LogP contribution in [-0.4, -0.2) is 21.8 Å². The SMILES string of the molecule is CNC(C)c1cccc(F)c1Sc1nncn1C. The van der Waals surface area contributed by atoms with Crippen LogP contribution < -0.4 is 5.32 Å². The molecule has 0 aliphatic rings. The fourth-order valence-electron chi connectivity index (χ4n) is 1.59. The third-order valence-electron chi connectivity index (χ3n) is 2.76. The van der Waals surface area contributed by atoms with Crippen molar-refractivity contribution < 1.29 is 4.39 Å². The summed E-state index contributed by atoms with van der Waals surface area (Å²) in [5, 5.41) is 11.6. The second-order valence-electron chi connectivity index (χ2n) is 4.00. The topological polar surface area (TPSA) is 42.7 Å². The average Bonchev–Trinajstić information content (AvgIpc) is 2.76. The largest absolute Gasteiger partial charge is 0.313 e. The Labute approximate surface area is 110 Å². The first-order valence-corrected chi connectivity index (χ1v) is 6.42.